The second-order valence-electron chi connectivity index (χ2n) is 6.13. The number of benzene rings is 1. The maximum atomic E-state index is 5.96. The van der Waals surface area contributed by atoms with Gasteiger partial charge in [0.1, 0.15) is 0 Å². The van der Waals surface area contributed by atoms with Crippen LogP contribution < -0.4 is 10.6 Å². The molecule has 0 unspecified atom stereocenters. The van der Waals surface area contributed by atoms with Crippen LogP contribution in [0.25, 0.3) is 0 Å². The predicted octanol–water partition coefficient (Wildman–Crippen LogP) is 2.15. The molecule has 1 aliphatic heterocycles. The summed E-state index contributed by atoms with van der Waals surface area (Å²) in [6.45, 7) is 8.78. The highest BCUT2D eigenvalue weighted by Crippen LogP contribution is 2.28. The highest BCUT2D eigenvalue weighted by atomic mass is 79.9. The van der Waals surface area contributed by atoms with Gasteiger partial charge in [-0.1, -0.05) is 22.0 Å². The number of piperazine rings is 1. The van der Waals surface area contributed by atoms with Crippen molar-refractivity contribution in [2.24, 2.45) is 5.73 Å². The topological polar surface area (TPSA) is 35.7 Å². The predicted molar refractivity (Wildman–Crippen MR) is 94.0 cm³/mol. The third kappa shape index (κ3) is 4.68. The van der Waals surface area contributed by atoms with Crippen molar-refractivity contribution in [2.45, 2.75) is 13.0 Å². The van der Waals surface area contributed by atoms with E-state index in [9.17, 15) is 0 Å². The van der Waals surface area contributed by atoms with Crippen LogP contribution in [0.15, 0.2) is 22.7 Å². The average molecular weight is 355 g/mol. The van der Waals surface area contributed by atoms with E-state index in [0.717, 1.165) is 43.7 Å². The van der Waals surface area contributed by atoms with E-state index in [2.05, 4.69) is 62.9 Å². The van der Waals surface area contributed by atoms with E-state index in [-0.39, 0.29) is 6.04 Å². The Labute approximate surface area is 137 Å². The number of nitrogens with two attached hydrogens (primary N) is 1. The minimum atomic E-state index is 0.0660. The van der Waals surface area contributed by atoms with Crippen molar-refractivity contribution in [2.75, 3.05) is 58.3 Å². The third-order valence-corrected chi connectivity index (χ3v) is 4.76. The van der Waals surface area contributed by atoms with E-state index in [1.165, 1.54) is 11.3 Å². The molecule has 1 aromatic carbocycles. The largest absolute Gasteiger partial charge is 0.369 e. The number of hydrogen-bond acceptors (Lipinski definition) is 4. The molecule has 1 heterocycles. The van der Waals surface area contributed by atoms with Crippen LogP contribution in [0.5, 0.6) is 0 Å². The molecular weight excluding hydrogens is 328 g/mol. The zero-order valence-electron chi connectivity index (χ0n) is 13.3. The summed E-state index contributed by atoms with van der Waals surface area (Å²) in [5, 5.41) is 0. The van der Waals surface area contributed by atoms with E-state index in [1.54, 1.807) is 0 Å². The molecule has 0 bridgehead atoms. The van der Waals surface area contributed by atoms with Gasteiger partial charge in [0.25, 0.3) is 0 Å². The summed E-state index contributed by atoms with van der Waals surface area (Å²) in [6.07, 6.45) is 0. The minimum Gasteiger partial charge on any atom is -0.369 e. The van der Waals surface area contributed by atoms with Gasteiger partial charge >= 0.3 is 0 Å². The maximum absolute atomic E-state index is 5.96. The van der Waals surface area contributed by atoms with Gasteiger partial charge in [0, 0.05) is 55.5 Å². The summed E-state index contributed by atoms with van der Waals surface area (Å²) in [5.41, 5.74) is 8.42. The number of anilines is 1. The van der Waals surface area contributed by atoms with Gasteiger partial charge in [0.2, 0.25) is 0 Å². The summed E-state index contributed by atoms with van der Waals surface area (Å²) >= 11 is 3.64. The first-order chi connectivity index (χ1) is 9.97. The monoisotopic (exact) mass is 354 g/mol. The van der Waals surface area contributed by atoms with Crippen molar-refractivity contribution in [3.8, 4) is 0 Å². The van der Waals surface area contributed by atoms with Crippen molar-refractivity contribution in [3.05, 3.63) is 28.2 Å². The molecule has 21 heavy (non-hydrogen) atoms. The van der Waals surface area contributed by atoms with Crippen molar-refractivity contribution < 1.29 is 0 Å². The van der Waals surface area contributed by atoms with Gasteiger partial charge in [-0.15, -0.1) is 0 Å². The van der Waals surface area contributed by atoms with Crippen molar-refractivity contribution in [3.63, 3.8) is 0 Å². The van der Waals surface area contributed by atoms with E-state index in [1.807, 2.05) is 6.92 Å². The van der Waals surface area contributed by atoms with E-state index >= 15 is 0 Å². The Balaban J connectivity index is 1.91. The molecule has 0 saturated carbocycles. The number of rotatable bonds is 5. The van der Waals surface area contributed by atoms with Crippen molar-refractivity contribution in [1.82, 2.24) is 9.80 Å². The SMILES string of the molecule is C[C@H](N)c1ccc(N2CCN(CCN(C)C)CC2)cc1Br. The fourth-order valence-corrected chi connectivity index (χ4v) is 3.38. The highest BCUT2D eigenvalue weighted by molar-refractivity contribution is 9.10. The smallest absolute Gasteiger partial charge is 0.0378 e. The van der Waals surface area contributed by atoms with Crippen LogP contribution in [-0.2, 0) is 0 Å². The summed E-state index contributed by atoms with van der Waals surface area (Å²) in [6, 6.07) is 6.60. The Hall–Kier alpha value is -0.620. The first-order valence-corrected chi connectivity index (χ1v) is 8.43. The van der Waals surface area contributed by atoms with Gasteiger partial charge in [-0.05, 0) is 38.7 Å². The van der Waals surface area contributed by atoms with Gasteiger partial charge in [0.15, 0.2) is 0 Å². The molecular formula is C16H27BrN4. The first-order valence-electron chi connectivity index (χ1n) is 7.64. The standard InChI is InChI=1S/C16H27BrN4/c1-13(18)15-5-4-14(12-16(15)17)21-10-8-20(9-11-21)7-6-19(2)3/h4-5,12-13H,6-11,18H2,1-3H3/t13-/m0/s1. The van der Waals surface area contributed by atoms with Gasteiger partial charge in [-0.25, -0.2) is 0 Å². The molecule has 1 fully saturated rings. The number of hydrogen-bond donors (Lipinski definition) is 1. The van der Waals surface area contributed by atoms with Crippen LogP contribution in [0.2, 0.25) is 0 Å². The molecule has 5 heteroatoms. The van der Waals surface area contributed by atoms with Crippen LogP contribution >= 0.6 is 15.9 Å². The van der Waals surface area contributed by atoms with Crippen LogP contribution in [-0.4, -0.2) is 63.2 Å². The normalized spacial score (nSPS) is 18.3. The minimum absolute atomic E-state index is 0.0660. The lowest BCUT2D eigenvalue weighted by Crippen LogP contribution is -2.48. The van der Waals surface area contributed by atoms with E-state index < -0.39 is 0 Å². The molecule has 0 aliphatic carbocycles. The summed E-state index contributed by atoms with van der Waals surface area (Å²) in [5.74, 6) is 0. The molecule has 0 radical (unpaired) electrons. The number of likely N-dealkylation sites (N-methyl/N-ethyl adjacent to an activating group) is 1. The molecule has 0 aromatic heterocycles. The average Bonchev–Trinajstić information content (AvgIpc) is 2.45. The van der Waals surface area contributed by atoms with Crippen LogP contribution in [0.3, 0.4) is 0 Å². The summed E-state index contributed by atoms with van der Waals surface area (Å²) in [4.78, 5) is 7.25. The lowest BCUT2D eigenvalue weighted by molar-refractivity contribution is 0.229. The molecule has 1 aliphatic rings. The molecule has 4 nitrogen and oxygen atoms in total. The third-order valence-electron chi connectivity index (χ3n) is 4.08. The molecule has 1 aromatic rings. The highest BCUT2D eigenvalue weighted by Gasteiger charge is 2.18. The zero-order chi connectivity index (χ0) is 15.4. The maximum Gasteiger partial charge on any atom is 0.0378 e. The lowest BCUT2D eigenvalue weighted by Gasteiger charge is -2.36. The Morgan fingerprint density at radius 3 is 2.43 bits per heavy atom. The van der Waals surface area contributed by atoms with E-state index in [4.69, 9.17) is 5.73 Å². The van der Waals surface area contributed by atoms with Crippen LogP contribution in [0, 0.1) is 0 Å². The quantitative estimate of drug-likeness (QED) is 0.878. The molecule has 1 saturated heterocycles. The fraction of sp³-hybridized carbons (Fsp3) is 0.625. The molecule has 2 N–H and O–H groups in total. The van der Waals surface area contributed by atoms with Gasteiger partial charge in [0.05, 0.1) is 0 Å². The Morgan fingerprint density at radius 2 is 1.90 bits per heavy atom. The van der Waals surface area contributed by atoms with E-state index in [0.29, 0.717) is 0 Å². The van der Waals surface area contributed by atoms with Gasteiger partial charge in [-0.2, -0.15) is 0 Å². The van der Waals surface area contributed by atoms with Crippen molar-refractivity contribution >= 4 is 21.6 Å². The fourth-order valence-electron chi connectivity index (χ4n) is 2.65. The van der Waals surface area contributed by atoms with Gasteiger partial charge < -0.3 is 15.5 Å². The number of nitrogens with zero attached hydrogens (tertiary/aromatic N) is 3. The molecule has 0 amide bonds. The lowest BCUT2D eigenvalue weighted by atomic mass is 10.1. The molecule has 0 spiro atoms. The first kappa shape index (κ1) is 16.7. The van der Waals surface area contributed by atoms with Crippen LogP contribution in [0.1, 0.15) is 18.5 Å². The molecule has 2 rings (SSSR count). The van der Waals surface area contributed by atoms with Gasteiger partial charge in [-0.3, -0.25) is 4.90 Å². The Morgan fingerprint density at radius 1 is 1.24 bits per heavy atom. The van der Waals surface area contributed by atoms with Crippen LogP contribution in [0.4, 0.5) is 5.69 Å². The second kappa shape index (κ2) is 7.58. The number of halogens is 1. The molecule has 118 valence electrons. The Kier molecular flexibility index (Phi) is 6.05. The zero-order valence-corrected chi connectivity index (χ0v) is 14.9. The Bertz CT molecular complexity index is 454. The second-order valence-corrected chi connectivity index (χ2v) is 6.98. The van der Waals surface area contributed by atoms with Crippen molar-refractivity contribution in [1.29, 1.82) is 0 Å². The summed E-state index contributed by atoms with van der Waals surface area (Å²) in [7, 11) is 4.27. The molecule has 1 atom stereocenters. The summed E-state index contributed by atoms with van der Waals surface area (Å²) < 4.78 is 1.12.